The van der Waals surface area contributed by atoms with E-state index in [1.54, 1.807) is 11.3 Å². The van der Waals surface area contributed by atoms with E-state index in [9.17, 15) is 10.1 Å². The Morgan fingerprint density at radius 3 is 2.64 bits per heavy atom. The first-order valence-electron chi connectivity index (χ1n) is 9.92. The maximum absolute atomic E-state index is 12.6. The van der Waals surface area contributed by atoms with Crippen LogP contribution in [0.3, 0.4) is 0 Å². The monoisotopic (exact) mass is 399 g/mol. The van der Waals surface area contributed by atoms with Gasteiger partial charge in [-0.15, -0.1) is 11.3 Å². The van der Waals surface area contributed by atoms with Crippen molar-refractivity contribution < 1.29 is 4.79 Å². The van der Waals surface area contributed by atoms with Crippen molar-refractivity contribution >= 4 is 22.2 Å². The minimum atomic E-state index is -0.0765. The first-order valence-corrected chi connectivity index (χ1v) is 10.7. The summed E-state index contributed by atoms with van der Waals surface area (Å²) in [6.07, 6.45) is 6.73. The molecule has 3 rings (SSSR count). The Bertz CT molecular complexity index is 905. The molecule has 0 bridgehead atoms. The van der Waals surface area contributed by atoms with Crippen molar-refractivity contribution in [3.63, 3.8) is 0 Å². The predicted octanol–water partition coefficient (Wildman–Crippen LogP) is 3.70. The van der Waals surface area contributed by atoms with Crippen LogP contribution in [0.5, 0.6) is 0 Å². The fraction of sp³-hybridized carbons (Fsp3) is 0.571. The van der Waals surface area contributed by atoms with Crippen LogP contribution in [-0.4, -0.2) is 34.2 Å². The molecule has 0 fully saturated rings. The summed E-state index contributed by atoms with van der Waals surface area (Å²) in [5.74, 6) is -0.0765. The topological polar surface area (TPSA) is 74.0 Å². The second-order valence-corrected chi connectivity index (χ2v) is 8.83. The van der Waals surface area contributed by atoms with Crippen molar-refractivity contribution in [1.82, 2.24) is 14.7 Å². The number of hydrogen-bond acceptors (Lipinski definition) is 5. The third kappa shape index (κ3) is 4.45. The summed E-state index contributed by atoms with van der Waals surface area (Å²) in [4.78, 5) is 15.9. The lowest BCUT2D eigenvalue weighted by Crippen LogP contribution is -2.30. The molecule has 0 unspecified atom stereocenters. The van der Waals surface area contributed by atoms with Gasteiger partial charge in [0.2, 0.25) is 5.91 Å². The highest BCUT2D eigenvalue weighted by Gasteiger charge is 2.21. The van der Waals surface area contributed by atoms with Crippen LogP contribution in [0, 0.1) is 25.2 Å². The number of carbonyl (C=O) groups is 1. The lowest BCUT2D eigenvalue weighted by atomic mass is 9.97. The van der Waals surface area contributed by atoms with E-state index in [2.05, 4.69) is 16.5 Å². The molecule has 0 radical (unpaired) electrons. The maximum atomic E-state index is 12.6. The Morgan fingerprint density at radius 2 is 2.00 bits per heavy atom. The van der Waals surface area contributed by atoms with Gasteiger partial charge in [0, 0.05) is 29.7 Å². The van der Waals surface area contributed by atoms with Crippen LogP contribution in [0.2, 0.25) is 0 Å². The van der Waals surface area contributed by atoms with E-state index >= 15 is 0 Å². The van der Waals surface area contributed by atoms with Gasteiger partial charge in [0.05, 0.1) is 17.8 Å². The Kier molecular flexibility index (Phi) is 6.53. The minimum Gasteiger partial charge on any atom is -0.315 e. The first kappa shape index (κ1) is 20.6. The number of rotatable bonds is 5. The Hall–Kier alpha value is -2.17. The largest absolute Gasteiger partial charge is 0.315 e. The highest BCUT2D eigenvalue weighted by molar-refractivity contribution is 7.16. The lowest BCUT2D eigenvalue weighted by Gasteiger charge is -2.16. The SMILES string of the molecule is Cc1nn(C)c(C)c1CN(C)CC(=O)Nc1sc2c(c1C#N)CCCCCC2. The average Bonchev–Trinajstić information content (AvgIpc) is 3.05. The molecule has 6 nitrogen and oxygen atoms in total. The number of aromatic nitrogens is 2. The van der Waals surface area contributed by atoms with Crippen LogP contribution in [0.4, 0.5) is 5.00 Å². The molecule has 150 valence electrons. The molecule has 2 heterocycles. The van der Waals surface area contributed by atoms with Gasteiger partial charge >= 0.3 is 0 Å². The van der Waals surface area contributed by atoms with Gasteiger partial charge < -0.3 is 5.32 Å². The van der Waals surface area contributed by atoms with Crippen molar-refractivity contribution in [2.24, 2.45) is 7.05 Å². The summed E-state index contributed by atoms with van der Waals surface area (Å²) in [5, 5.41) is 17.8. The van der Waals surface area contributed by atoms with Crippen molar-refractivity contribution in [1.29, 1.82) is 5.26 Å². The molecule has 1 aliphatic carbocycles. The molecule has 0 saturated heterocycles. The number of thiophene rings is 1. The molecule has 28 heavy (non-hydrogen) atoms. The molecular formula is C21H29N5OS. The molecule has 1 N–H and O–H groups in total. The van der Waals surface area contributed by atoms with Crippen molar-refractivity contribution in [2.75, 3.05) is 18.9 Å². The zero-order valence-corrected chi connectivity index (χ0v) is 18.1. The van der Waals surface area contributed by atoms with Crippen molar-refractivity contribution in [2.45, 2.75) is 58.9 Å². The van der Waals surface area contributed by atoms with E-state index in [1.807, 2.05) is 37.5 Å². The second-order valence-electron chi connectivity index (χ2n) is 7.73. The van der Waals surface area contributed by atoms with E-state index in [1.165, 1.54) is 17.7 Å². The highest BCUT2D eigenvalue weighted by Crippen LogP contribution is 2.36. The zero-order valence-electron chi connectivity index (χ0n) is 17.3. The Morgan fingerprint density at radius 1 is 1.29 bits per heavy atom. The number of fused-ring (bicyclic) bond motifs is 1. The van der Waals surface area contributed by atoms with Gasteiger partial charge in [-0.1, -0.05) is 12.8 Å². The van der Waals surface area contributed by atoms with Crippen molar-refractivity contribution in [3.8, 4) is 6.07 Å². The molecule has 0 atom stereocenters. The van der Waals surface area contributed by atoms with E-state index < -0.39 is 0 Å². The predicted molar refractivity (Wildman–Crippen MR) is 113 cm³/mol. The van der Waals surface area contributed by atoms with E-state index in [4.69, 9.17) is 0 Å². The standard InChI is InChI=1S/C21H29N5OS/c1-14-18(15(2)26(4)24-14)12-25(3)13-20(27)23-21-17(11-22)16-9-7-5-6-8-10-19(16)28-21/h5-10,12-13H2,1-4H3,(H,23,27). The summed E-state index contributed by atoms with van der Waals surface area (Å²) >= 11 is 1.59. The summed E-state index contributed by atoms with van der Waals surface area (Å²) in [6, 6.07) is 2.34. The number of likely N-dealkylation sites (N-methyl/N-ethyl adjacent to an activating group) is 1. The van der Waals surface area contributed by atoms with Crippen molar-refractivity contribution in [3.05, 3.63) is 33.0 Å². The van der Waals surface area contributed by atoms with Gasteiger partial charge in [0.1, 0.15) is 11.1 Å². The van der Waals surface area contributed by atoms with Gasteiger partial charge in [0.15, 0.2) is 0 Å². The number of hydrogen-bond donors (Lipinski definition) is 1. The Labute approximate surface area is 171 Å². The fourth-order valence-electron chi connectivity index (χ4n) is 3.91. The van der Waals surface area contributed by atoms with E-state index in [-0.39, 0.29) is 12.5 Å². The molecule has 0 saturated carbocycles. The molecule has 0 aromatic carbocycles. The zero-order chi connectivity index (χ0) is 20.3. The number of anilines is 1. The van der Waals surface area contributed by atoms with E-state index in [0.717, 1.165) is 53.2 Å². The summed E-state index contributed by atoms with van der Waals surface area (Å²) < 4.78 is 1.87. The number of nitrogens with one attached hydrogen (secondary N) is 1. The first-order chi connectivity index (χ1) is 13.4. The average molecular weight is 400 g/mol. The quantitative estimate of drug-likeness (QED) is 0.832. The number of amides is 1. The van der Waals surface area contributed by atoms with Gasteiger partial charge in [0.25, 0.3) is 0 Å². The van der Waals surface area contributed by atoms with Crippen LogP contribution >= 0.6 is 11.3 Å². The maximum Gasteiger partial charge on any atom is 0.239 e. The number of aryl methyl sites for hydroxylation is 3. The van der Waals surface area contributed by atoms with Crippen LogP contribution in [-0.2, 0) is 31.2 Å². The summed E-state index contributed by atoms with van der Waals surface area (Å²) in [5.41, 5.74) is 5.12. The lowest BCUT2D eigenvalue weighted by molar-refractivity contribution is -0.117. The fourth-order valence-corrected chi connectivity index (χ4v) is 5.17. The van der Waals surface area contributed by atoms with E-state index in [0.29, 0.717) is 12.1 Å². The molecule has 2 aromatic heterocycles. The Balaban J connectivity index is 1.67. The van der Waals surface area contributed by atoms with Crippen LogP contribution in [0.1, 0.15) is 58.6 Å². The normalized spacial score (nSPS) is 14.3. The number of carbonyl (C=O) groups excluding carboxylic acids is 1. The van der Waals surface area contributed by atoms with Gasteiger partial charge in [-0.2, -0.15) is 10.4 Å². The van der Waals surface area contributed by atoms with Crippen LogP contribution < -0.4 is 5.32 Å². The molecule has 0 aliphatic heterocycles. The van der Waals surface area contributed by atoms with Crippen LogP contribution in [0.15, 0.2) is 0 Å². The van der Waals surface area contributed by atoms with Gasteiger partial charge in [-0.3, -0.25) is 14.4 Å². The molecule has 0 spiro atoms. The number of nitrogens with zero attached hydrogens (tertiary/aromatic N) is 4. The molecule has 1 aliphatic rings. The second kappa shape index (κ2) is 8.89. The molecular weight excluding hydrogens is 370 g/mol. The third-order valence-corrected chi connectivity index (χ3v) is 6.74. The summed E-state index contributed by atoms with van der Waals surface area (Å²) in [7, 11) is 3.87. The van der Waals surface area contributed by atoms with Gasteiger partial charge in [-0.05, 0) is 52.1 Å². The molecule has 2 aromatic rings. The smallest absolute Gasteiger partial charge is 0.239 e. The minimum absolute atomic E-state index is 0.0765. The van der Waals surface area contributed by atoms with Gasteiger partial charge in [-0.25, -0.2) is 0 Å². The summed E-state index contributed by atoms with van der Waals surface area (Å²) in [6.45, 7) is 4.99. The number of nitriles is 1. The molecule has 7 heteroatoms. The molecule has 1 amide bonds. The third-order valence-electron chi connectivity index (χ3n) is 5.54. The van der Waals surface area contributed by atoms with Crippen LogP contribution in [0.25, 0.3) is 0 Å². The highest BCUT2D eigenvalue weighted by atomic mass is 32.1.